The molecule has 1 rings (SSSR count). The van der Waals surface area contributed by atoms with Crippen molar-refractivity contribution in [2.24, 2.45) is 5.73 Å². The summed E-state index contributed by atoms with van der Waals surface area (Å²) in [6.45, 7) is 0. The predicted octanol–water partition coefficient (Wildman–Crippen LogP) is 1.53. The number of carbonyl (C=O) groups is 2. The molecule has 0 radical (unpaired) electrons. The number of amides is 1. The van der Waals surface area contributed by atoms with E-state index >= 15 is 0 Å². The molecular weight excluding hydrogens is 197 g/mol. The highest BCUT2D eigenvalue weighted by Crippen LogP contribution is 2.11. The van der Waals surface area contributed by atoms with Crippen LogP contribution < -0.4 is 5.73 Å². The van der Waals surface area contributed by atoms with Crippen molar-refractivity contribution in [2.45, 2.75) is 6.42 Å². The first-order valence-electron chi connectivity index (χ1n) is 4.33. The molecule has 0 bridgehead atoms. The Morgan fingerprint density at radius 1 is 1.40 bits per heavy atom. The van der Waals surface area contributed by atoms with Crippen LogP contribution in [-0.2, 0) is 4.79 Å². The summed E-state index contributed by atoms with van der Waals surface area (Å²) in [6.07, 6.45) is 3.75. The number of nitrogens with two attached hydrogens (primary N) is 1. The van der Waals surface area contributed by atoms with Crippen molar-refractivity contribution in [1.29, 1.82) is 0 Å². The van der Waals surface area contributed by atoms with Gasteiger partial charge >= 0.3 is 0 Å². The third-order valence-electron chi connectivity index (χ3n) is 1.79. The predicted molar refractivity (Wildman–Crippen MR) is 54.6 cm³/mol. The summed E-state index contributed by atoms with van der Waals surface area (Å²) in [6, 6.07) is 3.85. The standard InChI is InChI=1S/C11H10FNO2/c12-10-5-4-8(9(6-10)7-14)2-1-3-11(13)15/h1-2,4-7H,3H2,(H2,13,15). The van der Waals surface area contributed by atoms with E-state index in [-0.39, 0.29) is 12.0 Å². The maximum Gasteiger partial charge on any atom is 0.221 e. The molecule has 1 amide bonds. The summed E-state index contributed by atoms with van der Waals surface area (Å²) in [5, 5.41) is 0. The van der Waals surface area contributed by atoms with Gasteiger partial charge in [0.15, 0.2) is 6.29 Å². The zero-order valence-corrected chi connectivity index (χ0v) is 7.94. The summed E-state index contributed by atoms with van der Waals surface area (Å²) >= 11 is 0. The van der Waals surface area contributed by atoms with Gasteiger partial charge in [-0.1, -0.05) is 18.2 Å². The van der Waals surface area contributed by atoms with Gasteiger partial charge in [0.2, 0.25) is 5.91 Å². The zero-order chi connectivity index (χ0) is 11.3. The Bertz CT molecular complexity index is 413. The molecule has 0 atom stereocenters. The van der Waals surface area contributed by atoms with Crippen LogP contribution >= 0.6 is 0 Å². The summed E-state index contributed by atoms with van der Waals surface area (Å²) in [4.78, 5) is 21.0. The average molecular weight is 207 g/mol. The van der Waals surface area contributed by atoms with Crippen LogP contribution in [0.2, 0.25) is 0 Å². The molecule has 4 heteroatoms. The van der Waals surface area contributed by atoms with Crippen LogP contribution in [0.1, 0.15) is 22.3 Å². The number of rotatable bonds is 4. The van der Waals surface area contributed by atoms with E-state index in [9.17, 15) is 14.0 Å². The van der Waals surface area contributed by atoms with E-state index in [0.29, 0.717) is 11.8 Å². The largest absolute Gasteiger partial charge is 0.369 e. The Hall–Kier alpha value is -1.97. The molecule has 0 aliphatic rings. The van der Waals surface area contributed by atoms with E-state index in [0.717, 1.165) is 6.07 Å². The minimum absolute atomic E-state index is 0.0929. The Morgan fingerprint density at radius 3 is 2.73 bits per heavy atom. The first kappa shape index (κ1) is 11.1. The summed E-state index contributed by atoms with van der Waals surface area (Å²) in [5.74, 6) is -0.926. The number of aldehydes is 1. The van der Waals surface area contributed by atoms with Crippen LogP contribution in [0.3, 0.4) is 0 Å². The third-order valence-corrected chi connectivity index (χ3v) is 1.79. The van der Waals surface area contributed by atoms with Crippen LogP contribution in [0.5, 0.6) is 0 Å². The van der Waals surface area contributed by atoms with Crippen molar-refractivity contribution in [3.63, 3.8) is 0 Å². The minimum Gasteiger partial charge on any atom is -0.369 e. The minimum atomic E-state index is -0.468. The first-order valence-corrected chi connectivity index (χ1v) is 4.33. The van der Waals surface area contributed by atoms with Crippen molar-refractivity contribution in [2.75, 3.05) is 0 Å². The third kappa shape index (κ3) is 3.34. The molecule has 1 aromatic carbocycles. The summed E-state index contributed by atoms with van der Waals surface area (Å²) < 4.78 is 12.7. The number of primary amides is 1. The van der Waals surface area contributed by atoms with Crippen LogP contribution in [0.15, 0.2) is 24.3 Å². The monoisotopic (exact) mass is 207 g/mol. The molecule has 0 aliphatic heterocycles. The molecule has 0 saturated heterocycles. The van der Waals surface area contributed by atoms with Gasteiger partial charge in [-0.05, 0) is 17.7 Å². The first-order chi connectivity index (χ1) is 7.13. The molecule has 3 nitrogen and oxygen atoms in total. The van der Waals surface area contributed by atoms with Gasteiger partial charge in [0.05, 0.1) is 0 Å². The van der Waals surface area contributed by atoms with E-state index < -0.39 is 11.7 Å². The highest BCUT2D eigenvalue weighted by atomic mass is 19.1. The molecule has 78 valence electrons. The van der Waals surface area contributed by atoms with Crippen LogP contribution in [0.4, 0.5) is 4.39 Å². The van der Waals surface area contributed by atoms with Gasteiger partial charge in [0.25, 0.3) is 0 Å². The number of hydrogen-bond donors (Lipinski definition) is 1. The highest BCUT2D eigenvalue weighted by Gasteiger charge is 1.99. The van der Waals surface area contributed by atoms with Gasteiger partial charge in [0.1, 0.15) is 5.82 Å². The number of halogens is 1. The lowest BCUT2D eigenvalue weighted by Gasteiger charge is -1.98. The lowest BCUT2D eigenvalue weighted by Crippen LogP contribution is -2.07. The Kier molecular flexibility index (Phi) is 3.74. The van der Waals surface area contributed by atoms with Crippen molar-refractivity contribution in [1.82, 2.24) is 0 Å². The van der Waals surface area contributed by atoms with Gasteiger partial charge in [-0.3, -0.25) is 9.59 Å². The average Bonchev–Trinajstić information content (AvgIpc) is 2.19. The molecule has 0 spiro atoms. The lowest BCUT2D eigenvalue weighted by molar-refractivity contribution is -0.117. The highest BCUT2D eigenvalue weighted by molar-refractivity contribution is 5.82. The van der Waals surface area contributed by atoms with Crippen LogP contribution in [-0.4, -0.2) is 12.2 Å². The number of carbonyl (C=O) groups excluding carboxylic acids is 2. The quantitative estimate of drug-likeness (QED) is 0.761. The smallest absolute Gasteiger partial charge is 0.221 e. The van der Waals surface area contributed by atoms with Crippen molar-refractivity contribution in [3.05, 3.63) is 41.2 Å². The molecule has 0 heterocycles. The maximum absolute atomic E-state index is 12.7. The van der Waals surface area contributed by atoms with Crippen molar-refractivity contribution < 1.29 is 14.0 Å². The molecule has 15 heavy (non-hydrogen) atoms. The molecule has 0 unspecified atom stereocenters. The fraction of sp³-hybridized carbons (Fsp3) is 0.0909. The van der Waals surface area contributed by atoms with Crippen LogP contribution in [0.25, 0.3) is 6.08 Å². The fourth-order valence-corrected chi connectivity index (χ4v) is 1.10. The fourth-order valence-electron chi connectivity index (χ4n) is 1.10. The Labute approximate surface area is 86.4 Å². The maximum atomic E-state index is 12.7. The van der Waals surface area contributed by atoms with Crippen molar-refractivity contribution >= 4 is 18.3 Å². The van der Waals surface area contributed by atoms with Gasteiger partial charge in [0, 0.05) is 12.0 Å². The Balaban J connectivity index is 2.89. The van der Waals surface area contributed by atoms with Gasteiger partial charge in [-0.15, -0.1) is 0 Å². The van der Waals surface area contributed by atoms with Crippen molar-refractivity contribution in [3.8, 4) is 0 Å². The van der Waals surface area contributed by atoms with E-state index in [1.54, 1.807) is 6.08 Å². The zero-order valence-electron chi connectivity index (χ0n) is 7.94. The molecule has 0 aromatic heterocycles. The topological polar surface area (TPSA) is 60.2 Å². The Morgan fingerprint density at radius 2 is 2.13 bits per heavy atom. The number of benzene rings is 1. The number of hydrogen-bond acceptors (Lipinski definition) is 2. The van der Waals surface area contributed by atoms with Gasteiger partial charge < -0.3 is 5.73 Å². The molecule has 2 N–H and O–H groups in total. The lowest BCUT2D eigenvalue weighted by atomic mass is 10.1. The second kappa shape index (κ2) is 5.05. The molecule has 0 fully saturated rings. The van der Waals surface area contributed by atoms with E-state index in [1.165, 1.54) is 18.2 Å². The molecule has 0 saturated carbocycles. The normalized spacial score (nSPS) is 10.5. The molecular formula is C11H10FNO2. The van der Waals surface area contributed by atoms with E-state index in [1.807, 2.05) is 0 Å². The van der Waals surface area contributed by atoms with E-state index in [4.69, 9.17) is 5.73 Å². The van der Waals surface area contributed by atoms with Gasteiger partial charge in [-0.2, -0.15) is 0 Å². The van der Waals surface area contributed by atoms with E-state index in [2.05, 4.69) is 0 Å². The summed E-state index contributed by atoms with van der Waals surface area (Å²) in [5.41, 5.74) is 5.74. The second-order valence-corrected chi connectivity index (χ2v) is 2.96. The second-order valence-electron chi connectivity index (χ2n) is 2.96. The summed E-state index contributed by atoms with van der Waals surface area (Å²) in [7, 11) is 0. The van der Waals surface area contributed by atoms with Gasteiger partial charge in [-0.25, -0.2) is 4.39 Å². The van der Waals surface area contributed by atoms with Crippen LogP contribution in [0, 0.1) is 5.82 Å². The molecule has 1 aromatic rings. The molecule has 0 aliphatic carbocycles. The SMILES string of the molecule is NC(=O)CC=Cc1ccc(F)cc1C=O.